The van der Waals surface area contributed by atoms with E-state index in [2.05, 4.69) is 30.2 Å². The van der Waals surface area contributed by atoms with Gasteiger partial charge in [0.05, 0.1) is 36.3 Å². The first-order valence-electron chi connectivity index (χ1n) is 10.8. The Kier molecular flexibility index (Phi) is 6.10. The van der Waals surface area contributed by atoms with E-state index in [0.29, 0.717) is 29.3 Å². The van der Waals surface area contributed by atoms with E-state index in [1.54, 1.807) is 13.3 Å². The van der Waals surface area contributed by atoms with E-state index in [1.165, 1.54) is 12.5 Å². The van der Waals surface area contributed by atoms with Crippen LogP contribution in [-0.2, 0) is 17.9 Å². The van der Waals surface area contributed by atoms with Gasteiger partial charge >= 0.3 is 0 Å². The van der Waals surface area contributed by atoms with Crippen LogP contribution in [0.25, 0.3) is 33.7 Å². The molecule has 0 atom stereocenters. The molecule has 1 aromatic carbocycles. The number of carbonyl (C=O) groups is 1. The molecule has 0 unspecified atom stereocenters. The summed E-state index contributed by atoms with van der Waals surface area (Å²) in [6.45, 7) is 0.573. The fourth-order valence-corrected chi connectivity index (χ4v) is 3.64. The van der Waals surface area contributed by atoms with Crippen molar-refractivity contribution in [2.75, 3.05) is 12.8 Å². The number of ether oxygens (including phenoxy) is 1. The van der Waals surface area contributed by atoms with Gasteiger partial charge in [-0.3, -0.25) is 14.8 Å². The highest BCUT2D eigenvalue weighted by molar-refractivity contribution is 5.98. The van der Waals surface area contributed by atoms with Crippen molar-refractivity contribution < 1.29 is 13.9 Å². The number of aromatic nitrogens is 5. The second-order valence-corrected chi connectivity index (χ2v) is 7.64. The van der Waals surface area contributed by atoms with Gasteiger partial charge in [-0.05, 0) is 30.3 Å². The molecule has 0 radical (unpaired) electrons. The van der Waals surface area contributed by atoms with E-state index < -0.39 is 5.91 Å². The molecule has 0 aliphatic rings. The fraction of sp³-hybridized carbons (Fsp3) is 0.120. The molecule has 0 aliphatic heterocycles. The van der Waals surface area contributed by atoms with Crippen LogP contribution < -0.4 is 11.1 Å². The topological polar surface area (TPSA) is 142 Å². The van der Waals surface area contributed by atoms with Crippen molar-refractivity contribution in [1.82, 2.24) is 30.2 Å². The van der Waals surface area contributed by atoms with Crippen molar-refractivity contribution in [3.05, 3.63) is 84.3 Å². The summed E-state index contributed by atoms with van der Waals surface area (Å²) in [5.74, 6) is -0.267. The molecule has 4 heterocycles. The minimum Gasteiger partial charge on any atom is -0.443 e. The van der Waals surface area contributed by atoms with Gasteiger partial charge in [-0.1, -0.05) is 18.2 Å². The molecule has 5 rings (SSSR count). The molecule has 0 fully saturated rings. The van der Waals surface area contributed by atoms with Crippen LogP contribution in [0.1, 0.15) is 21.9 Å². The molecule has 3 N–H and O–H groups in total. The zero-order valence-corrected chi connectivity index (χ0v) is 18.8. The monoisotopic (exact) mass is 467 g/mol. The van der Waals surface area contributed by atoms with Crippen LogP contribution in [0.5, 0.6) is 0 Å². The lowest BCUT2D eigenvalue weighted by atomic mass is 10.1. The van der Waals surface area contributed by atoms with E-state index in [-0.39, 0.29) is 23.9 Å². The van der Waals surface area contributed by atoms with Gasteiger partial charge in [0.2, 0.25) is 5.89 Å². The first kappa shape index (κ1) is 22.1. The predicted octanol–water partition coefficient (Wildman–Crippen LogP) is 3.40. The number of anilines is 1. The Balaban J connectivity index is 1.50. The van der Waals surface area contributed by atoms with Crippen molar-refractivity contribution in [2.45, 2.75) is 13.2 Å². The third-order valence-corrected chi connectivity index (χ3v) is 5.24. The van der Waals surface area contributed by atoms with Crippen molar-refractivity contribution in [3.8, 4) is 22.8 Å². The van der Waals surface area contributed by atoms with E-state index >= 15 is 0 Å². The highest BCUT2D eigenvalue weighted by Crippen LogP contribution is 2.31. The molecule has 10 nitrogen and oxygen atoms in total. The highest BCUT2D eigenvalue weighted by Gasteiger charge is 2.22. The smallest absolute Gasteiger partial charge is 0.274 e. The molecule has 0 spiro atoms. The fourth-order valence-electron chi connectivity index (χ4n) is 3.64. The van der Waals surface area contributed by atoms with Crippen LogP contribution in [0.4, 0.5) is 5.82 Å². The third kappa shape index (κ3) is 4.68. The lowest BCUT2D eigenvalue weighted by Crippen LogP contribution is -2.26. The number of pyridine rings is 2. The molecule has 4 aromatic heterocycles. The zero-order valence-electron chi connectivity index (χ0n) is 18.8. The molecule has 0 aliphatic carbocycles. The van der Waals surface area contributed by atoms with Crippen molar-refractivity contribution >= 4 is 22.6 Å². The summed E-state index contributed by atoms with van der Waals surface area (Å²) in [6, 6.07) is 15.0. The number of hydrogen-bond donors (Lipinski definition) is 2. The lowest BCUT2D eigenvalue weighted by molar-refractivity contribution is 0.0946. The van der Waals surface area contributed by atoms with Gasteiger partial charge < -0.3 is 20.2 Å². The maximum absolute atomic E-state index is 13.0. The number of rotatable bonds is 7. The number of fused-ring (bicyclic) bond motifs is 1. The largest absolute Gasteiger partial charge is 0.443 e. The standard InChI is InChI=1S/C25H21N7O3/c1-34-14-18-6-2-5-17(30-18)13-29-24(33)22-23(26)32-21(25-28-10-11-35-25)20(31-22)16-7-8-19-15(12-16)4-3-9-27-19/h2-12H,13-14H2,1H3,(H2,26,32)(H,29,33). The Morgan fingerprint density at radius 3 is 2.71 bits per heavy atom. The minimum atomic E-state index is -0.475. The zero-order chi connectivity index (χ0) is 24.2. The average molecular weight is 467 g/mol. The molecule has 5 aromatic rings. The summed E-state index contributed by atoms with van der Waals surface area (Å²) >= 11 is 0. The number of nitrogen functional groups attached to an aromatic ring is 1. The first-order chi connectivity index (χ1) is 17.1. The number of oxazole rings is 1. The molecular formula is C25H21N7O3. The van der Waals surface area contributed by atoms with Crippen molar-refractivity contribution in [1.29, 1.82) is 0 Å². The van der Waals surface area contributed by atoms with Gasteiger partial charge in [-0.15, -0.1) is 0 Å². The van der Waals surface area contributed by atoms with Crippen molar-refractivity contribution in [2.24, 2.45) is 0 Å². The maximum Gasteiger partial charge on any atom is 0.274 e. The molecule has 0 saturated heterocycles. The predicted molar refractivity (Wildman–Crippen MR) is 129 cm³/mol. The van der Waals surface area contributed by atoms with Gasteiger partial charge in [0, 0.05) is 24.3 Å². The summed E-state index contributed by atoms with van der Waals surface area (Å²) in [7, 11) is 1.60. The summed E-state index contributed by atoms with van der Waals surface area (Å²) in [5.41, 5.74) is 9.89. The van der Waals surface area contributed by atoms with E-state index in [0.717, 1.165) is 16.6 Å². The van der Waals surface area contributed by atoms with Crippen LogP contribution in [0.15, 0.2) is 71.6 Å². The van der Waals surface area contributed by atoms with Crippen LogP contribution in [0, 0.1) is 0 Å². The van der Waals surface area contributed by atoms with E-state index in [1.807, 2.05) is 48.5 Å². The molecule has 0 saturated carbocycles. The number of nitrogens with one attached hydrogen (secondary N) is 1. The Bertz CT molecular complexity index is 1500. The quantitative estimate of drug-likeness (QED) is 0.368. The Hall–Kier alpha value is -4.70. The number of nitrogens with two attached hydrogens (primary N) is 1. The van der Waals surface area contributed by atoms with Gasteiger partial charge in [-0.2, -0.15) is 0 Å². The Morgan fingerprint density at radius 2 is 1.89 bits per heavy atom. The van der Waals surface area contributed by atoms with Crippen molar-refractivity contribution in [3.63, 3.8) is 0 Å². The van der Waals surface area contributed by atoms with Crippen LogP contribution in [0.3, 0.4) is 0 Å². The average Bonchev–Trinajstić information content (AvgIpc) is 3.42. The second kappa shape index (κ2) is 9.65. The number of methoxy groups -OCH3 is 1. The van der Waals surface area contributed by atoms with Gasteiger partial charge in [0.15, 0.2) is 17.2 Å². The third-order valence-electron chi connectivity index (χ3n) is 5.24. The minimum absolute atomic E-state index is 0.00497. The van der Waals surface area contributed by atoms with E-state index in [4.69, 9.17) is 14.9 Å². The number of carbonyl (C=O) groups excluding carboxylic acids is 1. The molecular weight excluding hydrogens is 446 g/mol. The number of benzene rings is 1. The van der Waals surface area contributed by atoms with Gasteiger partial charge in [0.25, 0.3) is 5.91 Å². The normalized spacial score (nSPS) is 11.0. The number of amides is 1. The number of nitrogens with zero attached hydrogens (tertiary/aromatic N) is 5. The van der Waals surface area contributed by atoms with Crippen LogP contribution in [0.2, 0.25) is 0 Å². The number of hydrogen-bond acceptors (Lipinski definition) is 9. The summed E-state index contributed by atoms with van der Waals surface area (Å²) in [5, 5.41) is 3.73. The van der Waals surface area contributed by atoms with E-state index in [9.17, 15) is 4.79 Å². The molecule has 174 valence electrons. The van der Waals surface area contributed by atoms with Crippen LogP contribution in [-0.4, -0.2) is 37.9 Å². The molecule has 35 heavy (non-hydrogen) atoms. The summed E-state index contributed by atoms with van der Waals surface area (Å²) in [6.07, 6.45) is 4.67. The summed E-state index contributed by atoms with van der Waals surface area (Å²) < 4.78 is 10.6. The Labute approximate surface area is 200 Å². The molecule has 10 heteroatoms. The van der Waals surface area contributed by atoms with Gasteiger partial charge in [0.1, 0.15) is 12.0 Å². The molecule has 0 bridgehead atoms. The SMILES string of the molecule is COCc1cccc(CNC(=O)c2nc(-c3ccc4ncccc4c3)c(-c3ncco3)nc2N)n1. The van der Waals surface area contributed by atoms with Crippen LogP contribution >= 0.6 is 0 Å². The Morgan fingerprint density at radius 1 is 1.00 bits per heavy atom. The highest BCUT2D eigenvalue weighted by atomic mass is 16.5. The lowest BCUT2D eigenvalue weighted by Gasteiger charge is -2.12. The summed E-state index contributed by atoms with van der Waals surface area (Å²) in [4.78, 5) is 35.1. The van der Waals surface area contributed by atoms with Gasteiger partial charge in [-0.25, -0.2) is 15.0 Å². The maximum atomic E-state index is 13.0. The first-order valence-corrected chi connectivity index (χ1v) is 10.8. The second-order valence-electron chi connectivity index (χ2n) is 7.64. The molecule has 1 amide bonds.